The standard InChI is InChI=1S/C6H7FN2O.C6H14S/c7-5-1-4(3-10)6(8)9-2-5;1-5-7-6(2,3)4/h1-2,10H,3H2,(H2,8,9);5H2,1-4H3. The van der Waals surface area contributed by atoms with Gasteiger partial charge in [-0.1, -0.05) is 27.7 Å². The van der Waals surface area contributed by atoms with Crippen LogP contribution in [0.15, 0.2) is 12.3 Å². The van der Waals surface area contributed by atoms with E-state index in [1.807, 2.05) is 11.8 Å². The number of nitrogen functional groups attached to an aromatic ring is 1. The lowest BCUT2D eigenvalue weighted by molar-refractivity contribution is 0.281. The number of halogens is 1. The van der Waals surface area contributed by atoms with E-state index in [4.69, 9.17) is 10.8 Å². The average molecular weight is 260 g/mol. The SMILES string of the molecule is CCSC(C)(C)C.Nc1ncc(F)cc1CO. The minimum atomic E-state index is -0.488. The predicted molar refractivity (Wildman–Crippen MR) is 72.4 cm³/mol. The molecule has 1 heterocycles. The van der Waals surface area contributed by atoms with Crippen LogP contribution in [0.3, 0.4) is 0 Å². The third kappa shape index (κ3) is 7.99. The molecule has 3 N–H and O–H groups in total. The number of aliphatic hydroxyl groups is 1. The molecule has 0 bridgehead atoms. The fourth-order valence-electron chi connectivity index (χ4n) is 1.05. The second-order valence-electron chi connectivity index (χ2n) is 4.40. The maximum atomic E-state index is 12.3. The van der Waals surface area contributed by atoms with E-state index < -0.39 is 5.82 Å². The predicted octanol–water partition coefficient (Wildman–Crippen LogP) is 2.83. The number of rotatable bonds is 2. The quantitative estimate of drug-likeness (QED) is 0.858. The van der Waals surface area contributed by atoms with Crippen LogP contribution in [0.5, 0.6) is 0 Å². The largest absolute Gasteiger partial charge is 0.392 e. The average Bonchev–Trinajstić information content (AvgIpc) is 2.21. The molecule has 0 unspecified atom stereocenters. The molecule has 0 fully saturated rings. The molecular formula is C12H21FN2OS. The molecule has 0 aromatic carbocycles. The van der Waals surface area contributed by atoms with Gasteiger partial charge in [0, 0.05) is 10.3 Å². The van der Waals surface area contributed by atoms with Crippen LogP contribution >= 0.6 is 11.8 Å². The molecule has 1 rings (SSSR count). The van der Waals surface area contributed by atoms with Crippen molar-refractivity contribution in [1.29, 1.82) is 0 Å². The summed E-state index contributed by atoms with van der Waals surface area (Å²) in [5, 5.41) is 8.56. The molecule has 98 valence electrons. The molecule has 0 atom stereocenters. The van der Waals surface area contributed by atoms with E-state index in [9.17, 15) is 4.39 Å². The Bertz CT molecular complexity index is 340. The number of nitrogens with two attached hydrogens (primary N) is 1. The minimum absolute atomic E-state index is 0.170. The first-order valence-electron chi connectivity index (χ1n) is 5.45. The van der Waals surface area contributed by atoms with Crippen molar-refractivity contribution < 1.29 is 9.50 Å². The molecule has 0 spiro atoms. The Balaban J connectivity index is 0.000000325. The second-order valence-corrected chi connectivity index (χ2v) is 6.49. The first kappa shape index (κ1) is 16.2. The Kier molecular flexibility index (Phi) is 7.15. The molecule has 17 heavy (non-hydrogen) atoms. The smallest absolute Gasteiger partial charge is 0.142 e. The lowest BCUT2D eigenvalue weighted by atomic mass is 10.3. The summed E-state index contributed by atoms with van der Waals surface area (Å²) in [5.41, 5.74) is 5.58. The molecule has 1 aromatic heterocycles. The fourth-order valence-corrected chi connectivity index (χ4v) is 1.92. The zero-order valence-electron chi connectivity index (χ0n) is 10.8. The van der Waals surface area contributed by atoms with Gasteiger partial charge in [-0.15, -0.1) is 0 Å². The van der Waals surface area contributed by atoms with Gasteiger partial charge in [0.25, 0.3) is 0 Å². The highest BCUT2D eigenvalue weighted by Gasteiger charge is 2.06. The monoisotopic (exact) mass is 260 g/mol. The summed E-state index contributed by atoms with van der Waals surface area (Å²) in [5.74, 6) is 0.908. The van der Waals surface area contributed by atoms with E-state index >= 15 is 0 Å². The van der Waals surface area contributed by atoms with Gasteiger partial charge in [0.05, 0.1) is 12.8 Å². The Morgan fingerprint density at radius 3 is 2.35 bits per heavy atom. The van der Waals surface area contributed by atoms with Crippen molar-refractivity contribution in [2.75, 3.05) is 11.5 Å². The highest BCUT2D eigenvalue weighted by Crippen LogP contribution is 2.21. The normalized spacial score (nSPS) is 10.7. The van der Waals surface area contributed by atoms with Gasteiger partial charge in [-0.2, -0.15) is 11.8 Å². The molecule has 0 aliphatic rings. The minimum Gasteiger partial charge on any atom is -0.392 e. The topological polar surface area (TPSA) is 59.1 Å². The first-order chi connectivity index (χ1) is 7.80. The summed E-state index contributed by atoms with van der Waals surface area (Å²) < 4.78 is 12.8. The van der Waals surface area contributed by atoms with Crippen LogP contribution in [0, 0.1) is 5.82 Å². The van der Waals surface area contributed by atoms with Gasteiger partial charge in [0.15, 0.2) is 0 Å². The van der Waals surface area contributed by atoms with Crippen molar-refractivity contribution in [2.45, 2.75) is 39.0 Å². The van der Waals surface area contributed by atoms with Crippen molar-refractivity contribution in [2.24, 2.45) is 0 Å². The molecule has 0 aliphatic carbocycles. The molecular weight excluding hydrogens is 239 g/mol. The maximum absolute atomic E-state index is 12.3. The van der Waals surface area contributed by atoms with Crippen molar-refractivity contribution in [3.63, 3.8) is 0 Å². The fraction of sp³-hybridized carbons (Fsp3) is 0.583. The maximum Gasteiger partial charge on any atom is 0.142 e. The molecule has 1 aromatic rings. The van der Waals surface area contributed by atoms with E-state index in [1.165, 1.54) is 5.75 Å². The van der Waals surface area contributed by atoms with E-state index in [-0.39, 0.29) is 12.4 Å². The van der Waals surface area contributed by atoms with E-state index in [1.54, 1.807) is 0 Å². The molecule has 0 saturated heterocycles. The molecule has 0 aliphatic heterocycles. The van der Waals surface area contributed by atoms with E-state index in [2.05, 4.69) is 32.7 Å². The van der Waals surface area contributed by atoms with Crippen LogP contribution in [0.1, 0.15) is 33.3 Å². The van der Waals surface area contributed by atoms with Gasteiger partial charge >= 0.3 is 0 Å². The van der Waals surface area contributed by atoms with Crippen molar-refractivity contribution in [3.05, 3.63) is 23.6 Å². The van der Waals surface area contributed by atoms with Gasteiger partial charge < -0.3 is 10.8 Å². The third-order valence-electron chi connectivity index (χ3n) is 1.72. The Labute approximate surface area is 107 Å². The Morgan fingerprint density at radius 1 is 1.47 bits per heavy atom. The summed E-state index contributed by atoms with van der Waals surface area (Å²) in [6.45, 7) is 8.62. The number of nitrogens with zero attached hydrogens (tertiary/aromatic N) is 1. The zero-order valence-corrected chi connectivity index (χ0v) is 11.6. The lowest BCUT2D eigenvalue weighted by Crippen LogP contribution is -2.06. The lowest BCUT2D eigenvalue weighted by Gasteiger charge is -2.14. The summed E-state index contributed by atoms with van der Waals surface area (Å²) in [7, 11) is 0. The molecule has 0 radical (unpaired) electrons. The molecule has 3 nitrogen and oxygen atoms in total. The van der Waals surface area contributed by atoms with Gasteiger partial charge in [-0.05, 0) is 11.8 Å². The number of pyridine rings is 1. The van der Waals surface area contributed by atoms with Crippen molar-refractivity contribution in [3.8, 4) is 0 Å². The highest BCUT2D eigenvalue weighted by atomic mass is 32.2. The van der Waals surface area contributed by atoms with Crippen LogP contribution in [0.4, 0.5) is 10.2 Å². The molecule has 5 heteroatoms. The summed E-state index contributed by atoms with van der Waals surface area (Å²) >= 11 is 1.99. The number of hydrogen-bond acceptors (Lipinski definition) is 4. The van der Waals surface area contributed by atoms with Gasteiger partial charge in [0.2, 0.25) is 0 Å². The summed E-state index contributed by atoms with van der Waals surface area (Å²) in [6.07, 6.45) is 1.01. The number of hydrogen-bond donors (Lipinski definition) is 2. The highest BCUT2D eigenvalue weighted by molar-refractivity contribution is 8.00. The second kappa shape index (κ2) is 7.50. The first-order valence-corrected chi connectivity index (χ1v) is 6.43. The van der Waals surface area contributed by atoms with Crippen LogP contribution in [-0.4, -0.2) is 20.6 Å². The number of thioether (sulfide) groups is 1. The van der Waals surface area contributed by atoms with Gasteiger partial charge in [-0.3, -0.25) is 0 Å². The number of aromatic nitrogens is 1. The number of anilines is 1. The Morgan fingerprint density at radius 2 is 2.06 bits per heavy atom. The van der Waals surface area contributed by atoms with Crippen LogP contribution < -0.4 is 5.73 Å². The van der Waals surface area contributed by atoms with E-state index in [0.29, 0.717) is 10.3 Å². The zero-order chi connectivity index (χ0) is 13.5. The van der Waals surface area contributed by atoms with Crippen LogP contribution in [0.25, 0.3) is 0 Å². The third-order valence-corrected chi connectivity index (χ3v) is 2.87. The van der Waals surface area contributed by atoms with Crippen molar-refractivity contribution >= 4 is 17.6 Å². The van der Waals surface area contributed by atoms with Crippen LogP contribution in [0.2, 0.25) is 0 Å². The molecule has 0 saturated carbocycles. The Hall–Kier alpha value is -0.810. The van der Waals surface area contributed by atoms with E-state index in [0.717, 1.165) is 12.3 Å². The van der Waals surface area contributed by atoms with Gasteiger partial charge in [-0.25, -0.2) is 9.37 Å². The summed E-state index contributed by atoms with van der Waals surface area (Å²) in [4.78, 5) is 3.49. The van der Waals surface area contributed by atoms with Crippen LogP contribution in [-0.2, 0) is 6.61 Å². The van der Waals surface area contributed by atoms with Crippen molar-refractivity contribution in [1.82, 2.24) is 4.98 Å². The summed E-state index contributed by atoms with van der Waals surface area (Å²) in [6, 6.07) is 1.16. The van der Waals surface area contributed by atoms with Gasteiger partial charge in [0.1, 0.15) is 11.6 Å². The number of aliphatic hydroxyl groups excluding tert-OH is 1. The molecule has 0 amide bonds.